The van der Waals surface area contributed by atoms with E-state index in [9.17, 15) is 0 Å². The zero-order valence-corrected chi connectivity index (χ0v) is 5.28. The zero-order chi connectivity index (χ0) is 5.82. The van der Waals surface area contributed by atoms with Crippen molar-refractivity contribution in [1.29, 1.82) is 0 Å². The minimum absolute atomic E-state index is 0.668. The van der Waals surface area contributed by atoms with E-state index in [4.69, 9.17) is 0 Å². The van der Waals surface area contributed by atoms with Gasteiger partial charge in [-0.2, -0.15) is 0 Å². The van der Waals surface area contributed by atoms with Gasteiger partial charge in [-0.1, -0.05) is 12.8 Å². The molecule has 0 aromatic heterocycles. The van der Waals surface area contributed by atoms with Gasteiger partial charge in [0, 0.05) is 12.3 Å². The molecule has 43 valence electrons. The molecule has 0 saturated heterocycles. The van der Waals surface area contributed by atoms with Crippen LogP contribution in [0.1, 0.15) is 26.2 Å². The van der Waals surface area contributed by atoms with Crippen molar-refractivity contribution in [3.63, 3.8) is 0 Å². The molecule has 0 heterocycles. The Morgan fingerprint density at radius 3 is 3.00 bits per heavy atom. The molecular weight excluding hydrogens is 96.1 g/mol. The molecule has 0 aromatic rings. The summed E-state index contributed by atoms with van der Waals surface area (Å²) in [7, 11) is 0. The van der Waals surface area contributed by atoms with Gasteiger partial charge in [0.1, 0.15) is 0 Å². The van der Waals surface area contributed by atoms with E-state index in [0.29, 0.717) is 5.92 Å². The first kappa shape index (κ1) is 5.69. The Kier molecular flexibility index (Phi) is 1.97. The van der Waals surface area contributed by atoms with Crippen molar-refractivity contribution in [1.82, 2.24) is 0 Å². The van der Waals surface area contributed by atoms with E-state index in [-0.39, 0.29) is 0 Å². The third-order valence-corrected chi connectivity index (χ3v) is 1.13. The van der Waals surface area contributed by atoms with Crippen LogP contribution in [0.3, 0.4) is 0 Å². The second-order valence-electron chi connectivity index (χ2n) is 2.15. The summed E-state index contributed by atoms with van der Waals surface area (Å²) in [6.07, 6.45) is 5.74. The molecule has 0 aliphatic heterocycles. The second-order valence-corrected chi connectivity index (χ2v) is 2.15. The predicted octanol–water partition coefficient (Wildman–Crippen LogP) is 2.01. The molecule has 0 N–H and O–H groups in total. The van der Waals surface area contributed by atoms with Gasteiger partial charge in [0.25, 0.3) is 0 Å². The van der Waals surface area contributed by atoms with Crippen molar-refractivity contribution < 1.29 is 0 Å². The van der Waals surface area contributed by atoms with Crippen LogP contribution in [0.2, 0.25) is 0 Å². The fourth-order valence-electron chi connectivity index (χ4n) is 0.514. The number of hydrogen-bond acceptors (Lipinski definition) is 0. The summed E-state index contributed by atoms with van der Waals surface area (Å²) in [4.78, 5) is 0. The molecule has 0 bridgehead atoms. The molecule has 0 spiro atoms. The summed E-state index contributed by atoms with van der Waals surface area (Å²) in [5.41, 5.74) is 0. The minimum atomic E-state index is 0.668. The van der Waals surface area contributed by atoms with Crippen LogP contribution in [0, 0.1) is 24.2 Å². The molecule has 1 fully saturated rings. The van der Waals surface area contributed by atoms with Gasteiger partial charge in [-0.25, -0.2) is 0 Å². The van der Waals surface area contributed by atoms with E-state index in [0.717, 1.165) is 6.42 Å². The molecule has 1 radical (unpaired) electrons. The molecule has 1 aliphatic rings. The average molecular weight is 107 g/mol. The Balaban J connectivity index is 2.05. The van der Waals surface area contributed by atoms with E-state index in [1.807, 2.05) is 0 Å². The van der Waals surface area contributed by atoms with E-state index < -0.39 is 0 Å². The molecule has 0 nitrogen and oxygen atoms in total. The molecule has 1 atom stereocenters. The number of hydrogen-bond donors (Lipinski definition) is 0. The first-order valence-electron chi connectivity index (χ1n) is 3.25. The van der Waals surface area contributed by atoms with Crippen molar-refractivity contribution >= 4 is 0 Å². The lowest BCUT2D eigenvalue weighted by atomic mass is 10.3. The third kappa shape index (κ3) is 2.02. The normalized spacial score (nSPS) is 17.1. The number of unbranched alkanes of at least 4 members (excludes halogenated alkanes) is 1. The van der Waals surface area contributed by atoms with Crippen LogP contribution in [0.15, 0.2) is 0 Å². The van der Waals surface area contributed by atoms with E-state index >= 15 is 0 Å². The molecule has 1 rings (SSSR count). The van der Waals surface area contributed by atoms with E-state index in [2.05, 4.69) is 25.2 Å². The standard InChI is InChI=1S/C8H11/c1-2-3-4-5-8-6-7-8/h6,8H,2-3,7H2,1H3. The first-order chi connectivity index (χ1) is 3.93. The lowest BCUT2D eigenvalue weighted by molar-refractivity contribution is 0.980. The minimum Gasteiger partial charge on any atom is -0.103 e. The van der Waals surface area contributed by atoms with Gasteiger partial charge in [-0.15, -0.1) is 5.92 Å². The highest BCUT2D eigenvalue weighted by molar-refractivity contribution is 5.17. The largest absolute Gasteiger partial charge is 0.103 e. The Hall–Kier alpha value is -0.440. The van der Waals surface area contributed by atoms with Gasteiger partial charge in [0.2, 0.25) is 0 Å². The van der Waals surface area contributed by atoms with E-state index in [1.165, 1.54) is 12.8 Å². The summed E-state index contributed by atoms with van der Waals surface area (Å²) in [5, 5.41) is 0. The Labute approximate surface area is 51.3 Å². The lowest BCUT2D eigenvalue weighted by Crippen LogP contribution is -1.64. The fraction of sp³-hybridized carbons (Fsp3) is 0.625. The molecule has 0 amide bonds. The maximum absolute atomic E-state index is 3.15. The highest BCUT2D eigenvalue weighted by Gasteiger charge is 2.17. The van der Waals surface area contributed by atoms with Gasteiger partial charge in [0.05, 0.1) is 0 Å². The highest BCUT2D eigenvalue weighted by atomic mass is 14.2. The van der Waals surface area contributed by atoms with Gasteiger partial charge in [-0.3, -0.25) is 0 Å². The molecule has 1 aliphatic carbocycles. The average Bonchev–Trinajstić information content (AvgIpc) is 2.51. The summed E-state index contributed by atoms with van der Waals surface area (Å²) in [6.45, 7) is 2.16. The third-order valence-electron chi connectivity index (χ3n) is 1.13. The first-order valence-corrected chi connectivity index (χ1v) is 3.25. The van der Waals surface area contributed by atoms with Crippen molar-refractivity contribution in [3.05, 3.63) is 6.42 Å². The van der Waals surface area contributed by atoms with Crippen LogP contribution >= 0.6 is 0 Å². The zero-order valence-electron chi connectivity index (χ0n) is 5.28. The van der Waals surface area contributed by atoms with Crippen LogP contribution in [-0.2, 0) is 0 Å². The van der Waals surface area contributed by atoms with Crippen LogP contribution in [0.25, 0.3) is 0 Å². The highest BCUT2D eigenvalue weighted by Crippen LogP contribution is 2.25. The van der Waals surface area contributed by atoms with Crippen molar-refractivity contribution in [2.45, 2.75) is 26.2 Å². The molecule has 1 saturated carbocycles. The monoisotopic (exact) mass is 107 g/mol. The summed E-state index contributed by atoms with van der Waals surface area (Å²) in [5.74, 6) is 6.94. The van der Waals surface area contributed by atoms with Gasteiger partial charge < -0.3 is 0 Å². The topological polar surface area (TPSA) is 0 Å². The van der Waals surface area contributed by atoms with Crippen molar-refractivity contribution in [2.75, 3.05) is 0 Å². The van der Waals surface area contributed by atoms with Gasteiger partial charge in [-0.05, 0) is 19.3 Å². The Bertz CT molecular complexity index is 110. The maximum atomic E-state index is 3.15. The second kappa shape index (κ2) is 2.77. The van der Waals surface area contributed by atoms with Crippen molar-refractivity contribution in [2.24, 2.45) is 5.92 Å². The van der Waals surface area contributed by atoms with E-state index in [1.54, 1.807) is 0 Å². The molecule has 0 aromatic carbocycles. The summed E-state index contributed by atoms with van der Waals surface area (Å²) >= 11 is 0. The fourth-order valence-corrected chi connectivity index (χ4v) is 0.514. The van der Waals surface area contributed by atoms with Crippen molar-refractivity contribution in [3.8, 4) is 11.8 Å². The van der Waals surface area contributed by atoms with Crippen LogP contribution < -0.4 is 0 Å². The predicted molar refractivity (Wildman–Crippen MR) is 35.1 cm³/mol. The van der Waals surface area contributed by atoms with Crippen LogP contribution in [-0.4, -0.2) is 0 Å². The quantitative estimate of drug-likeness (QED) is 0.450. The smallest absolute Gasteiger partial charge is 0.0237 e. The number of rotatable bonds is 1. The van der Waals surface area contributed by atoms with Crippen LogP contribution in [0.5, 0.6) is 0 Å². The Morgan fingerprint density at radius 2 is 2.50 bits per heavy atom. The SMILES string of the molecule is CCCC#CC1[CH]C1. The molecular formula is C8H11. The summed E-state index contributed by atoms with van der Waals surface area (Å²) < 4.78 is 0. The van der Waals surface area contributed by atoms with Gasteiger partial charge in [0.15, 0.2) is 0 Å². The van der Waals surface area contributed by atoms with Gasteiger partial charge >= 0.3 is 0 Å². The van der Waals surface area contributed by atoms with Crippen LogP contribution in [0.4, 0.5) is 0 Å². The maximum Gasteiger partial charge on any atom is 0.0237 e. The lowest BCUT2D eigenvalue weighted by Gasteiger charge is -1.75. The molecule has 0 heteroatoms. The molecule has 8 heavy (non-hydrogen) atoms. The summed E-state index contributed by atoms with van der Waals surface area (Å²) in [6, 6.07) is 0. The Morgan fingerprint density at radius 1 is 1.75 bits per heavy atom. The molecule has 1 unspecified atom stereocenters.